The molecule has 2 aromatic rings. The molecule has 4 rings (SSSR count). The van der Waals surface area contributed by atoms with Crippen molar-refractivity contribution in [1.29, 1.82) is 0 Å². The molecule has 3 heterocycles. The summed E-state index contributed by atoms with van der Waals surface area (Å²) < 4.78 is 0. The second-order valence-electron chi connectivity index (χ2n) is 7.83. The molecule has 0 N–H and O–H groups in total. The van der Waals surface area contributed by atoms with Crippen LogP contribution in [-0.2, 0) is 11.3 Å². The maximum atomic E-state index is 13.0. The summed E-state index contributed by atoms with van der Waals surface area (Å²) in [5.74, 6) is 1.04. The van der Waals surface area contributed by atoms with Gasteiger partial charge < -0.3 is 9.80 Å². The van der Waals surface area contributed by atoms with Crippen LogP contribution in [0.2, 0.25) is 0 Å². The highest BCUT2D eigenvalue weighted by atomic mass is 16.2. The lowest BCUT2D eigenvalue weighted by molar-refractivity contribution is -0.138. The minimum absolute atomic E-state index is 0.0745. The van der Waals surface area contributed by atoms with Crippen LogP contribution in [0.1, 0.15) is 12.5 Å². The minimum atomic E-state index is -0.0745. The third-order valence-electron chi connectivity index (χ3n) is 5.99. The normalized spacial score (nSPS) is 19.9. The van der Waals surface area contributed by atoms with Crippen LogP contribution < -0.4 is 4.90 Å². The van der Waals surface area contributed by atoms with Gasteiger partial charge in [-0.05, 0) is 18.6 Å². The van der Waals surface area contributed by atoms with E-state index in [-0.39, 0.29) is 11.9 Å². The van der Waals surface area contributed by atoms with E-state index in [0.29, 0.717) is 0 Å². The number of carbonyl (C=O) groups is 1. The third-order valence-corrected chi connectivity index (χ3v) is 5.99. The van der Waals surface area contributed by atoms with Crippen LogP contribution in [0.25, 0.3) is 0 Å². The van der Waals surface area contributed by atoms with Gasteiger partial charge in [-0.2, -0.15) is 0 Å². The van der Waals surface area contributed by atoms with Crippen LogP contribution in [0.5, 0.6) is 0 Å². The Balaban J connectivity index is 1.24. The van der Waals surface area contributed by atoms with E-state index in [4.69, 9.17) is 0 Å². The van der Waals surface area contributed by atoms with Crippen LogP contribution in [-0.4, -0.2) is 89.0 Å². The Morgan fingerprint density at radius 1 is 0.897 bits per heavy atom. The van der Waals surface area contributed by atoms with Gasteiger partial charge in [0.2, 0.25) is 11.9 Å². The van der Waals surface area contributed by atoms with Crippen LogP contribution in [0.15, 0.2) is 48.8 Å². The molecule has 0 unspecified atom stereocenters. The molecule has 1 aromatic carbocycles. The number of nitrogens with zero attached hydrogens (tertiary/aromatic N) is 6. The van der Waals surface area contributed by atoms with Crippen molar-refractivity contribution in [2.24, 2.45) is 0 Å². The Bertz CT molecular complexity index is 770. The second kappa shape index (κ2) is 9.33. The van der Waals surface area contributed by atoms with E-state index in [1.807, 2.05) is 24.0 Å². The Hall–Kier alpha value is -2.51. The zero-order valence-electron chi connectivity index (χ0n) is 17.2. The lowest BCUT2D eigenvalue weighted by Gasteiger charge is -2.41. The summed E-state index contributed by atoms with van der Waals surface area (Å²) in [6.07, 6.45) is 3.55. The van der Waals surface area contributed by atoms with Crippen molar-refractivity contribution in [2.75, 3.05) is 57.3 Å². The quantitative estimate of drug-likeness (QED) is 0.763. The highest BCUT2D eigenvalue weighted by molar-refractivity contribution is 5.81. The van der Waals surface area contributed by atoms with Gasteiger partial charge in [-0.25, -0.2) is 9.97 Å². The molecule has 7 nitrogen and oxygen atoms in total. The average Bonchev–Trinajstić information content (AvgIpc) is 2.80. The summed E-state index contributed by atoms with van der Waals surface area (Å²) in [5, 5.41) is 0. The molecule has 2 fully saturated rings. The summed E-state index contributed by atoms with van der Waals surface area (Å²) in [5.41, 5.74) is 1.33. The molecule has 1 aromatic heterocycles. The summed E-state index contributed by atoms with van der Waals surface area (Å²) in [6, 6.07) is 12.3. The van der Waals surface area contributed by atoms with Crippen LogP contribution in [0.4, 0.5) is 5.95 Å². The van der Waals surface area contributed by atoms with E-state index < -0.39 is 0 Å². The number of aromatic nitrogens is 2. The molecule has 0 saturated carbocycles. The summed E-state index contributed by atoms with van der Waals surface area (Å²) in [6.45, 7) is 9.94. The Morgan fingerprint density at radius 2 is 1.55 bits per heavy atom. The Kier molecular flexibility index (Phi) is 6.36. The molecule has 2 aliphatic heterocycles. The molecule has 154 valence electrons. The van der Waals surface area contributed by atoms with E-state index in [0.717, 1.165) is 64.9 Å². The summed E-state index contributed by atoms with van der Waals surface area (Å²) >= 11 is 0. The maximum absolute atomic E-state index is 13.0. The third kappa shape index (κ3) is 4.92. The van der Waals surface area contributed by atoms with Gasteiger partial charge in [0.15, 0.2) is 0 Å². The molecule has 0 aliphatic carbocycles. The van der Waals surface area contributed by atoms with E-state index in [9.17, 15) is 4.79 Å². The van der Waals surface area contributed by atoms with Gasteiger partial charge in [0, 0.05) is 71.3 Å². The number of carbonyl (C=O) groups excluding carboxylic acids is 1. The molecule has 2 aliphatic rings. The molecule has 2 saturated heterocycles. The number of rotatable bonds is 5. The largest absolute Gasteiger partial charge is 0.339 e. The van der Waals surface area contributed by atoms with Crippen LogP contribution in [0, 0.1) is 0 Å². The van der Waals surface area contributed by atoms with Gasteiger partial charge in [-0.15, -0.1) is 0 Å². The highest BCUT2D eigenvalue weighted by Crippen LogP contribution is 2.15. The lowest BCUT2D eigenvalue weighted by atomic mass is 10.1. The number of piperazine rings is 2. The van der Waals surface area contributed by atoms with E-state index in [1.54, 1.807) is 12.4 Å². The van der Waals surface area contributed by atoms with Crippen molar-refractivity contribution in [3.05, 3.63) is 54.4 Å². The standard InChI is InChI=1S/C22H30N6O/c1-19(26-14-16-28(17-15-26)22-23-8-5-9-24-22)21(29)27-12-10-25(11-13-27)18-20-6-3-2-4-7-20/h2-9,19H,10-18H2,1H3/t19-/m0/s1. The van der Waals surface area contributed by atoms with Gasteiger partial charge in [-0.3, -0.25) is 14.6 Å². The molecule has 0 spiro atoms. The molecule has 0 radical (unpaired) electrons. The monoisotopic (exact) mass is 394 g/mol. The fourth-order valence-corrected chi connectivity index (χ4v) is 4.15. The minimum Gasteiger partial charge on any atom is -0.339 e. The first kappa shape index (κ1) is 19.8. The summed E-state index contributed by atoms with van der Waals surface area (Å²) in [4.78, 5) is 30.7. The molecule has 29 heavy (non-hydrogen) atoms. The van der Waals surface area contributed by atoms with Gasteiger partial charge in [-0.1, -0.05) is 30.3 Å². The summed E-state index contributed by atoms with van der Waals surface area (Å²) in [7, 11) is 0. The fraction of sp³-hybridized carbons (Fsp3) is 0.500. The molecule has 1 amide bonds. The van der Waals surface area contributed by atoms with Crippen molar-refractivity contribution >= 4 is 11.9 Å². The van der Waals surface area contributed by atoms with E-state index in [2.05, 4.69) is 48.9 Å². The lowest BCUT2D eigenvalue weighted by Crippen LogP contribution is -2.57. The molecular weight excluding hydrogens is 364 g/mol. The number of benzene rings is 1. The van der Waals surface area contributed by atoms with Gasteiger partial charge in [0.1, 0.15) is 0 Å². The Morgan fingerprint density at radius 3 is 2.21 bits per heavy atom. The van der Waals surface area contributed by atoms with Crippen LogP contribution >= 0.6 is 0 Å². The molecule has 0 bridgehead atoms. The van der Waals surface area contributed by atoms with Crippen molar-refractivity contribution < 1.29 is 4.79 Å². The zero-order valence-corrected chi connectivity index (χ0v) is 17.2. The van der Waals surface area contributed by atoms with Crippen molar-refractivity contribution in [3.63, 3.8) is 0 Å². The fourth-order valence-electron chi connectivity index (χ4n) is 4.15. The van der Waals surface area contributed by atoms with Gasteiger partial charge >= 0.3 is 0 Å². The first-order valence-corrected chi connectivity index (χ1v) is 10.5. The molecular formula is C22H30N6O. The van der Waals surface area contributed by atoms with E-state index in [1.165, 1.54) is 5.56 Å². The smallest absolute Gasteiger partial charge is 0.239 e. The van der Waals surface area contributed by atoms with Gasteiger partial charge in [0.25, 0.3) is 0 Å². The number of hydrogen-bond donors (Lipinski definition) is 0. The SMILES string of the molecule is C[C@@H](C(=O)N1CCN(Cc2ccccc2)CC1)N1CCN(c2ncccn2)CC1. The first-order valence-electron chi connectivity index (χ1n) is 10.5. The zero-order chi connectivity index (χ0) is 20.1. The van der Waals surface area contributed by atoms with Crippen molar-refractivity contribution in [1.82, 2.24) is 24.7 Å². The van der Waals surface area contributed by atoms with Crippen LogP contribution in [0.3, 0.4) is 0 Å². The number of amides is 1. The topological polar surface area (TPSA) is 55.8 Å². The second-order valence-corrected chi connectivity index (χ2v) is 7.83. The van der Waals surface area contributed by atoms with Crippen molar-refractivity contribution in [3.8, 4) is 0 Å². The van der Waals surface area contributed by atoms with E-state index >= 15 is 0 Å². The number of anilines is 1. The van der Waals surface area contributed by atoms with Crippen molar-refractivity contribution in [2.45, 2.75) is 19.5 Å². The highest BCUT2D eigenvalue weighted by Gasteiger charge is 2.30. The number of hydrogen-bond acceptors (Lipinski definition) is 6. The average molecular weight is 395 g/mol. The first-order chi connectivity index (χ1) is 14.2. The predicted molar refractivity (Wildman–Crippen MR) is 114 cm³/mol. The molecule has 7 heteroatoms. The maximum Gasteiger partial charge on any atom is 0.239 e. The van der Waals surface area contributed by atoms with Gasteiger partial charge in [0.05, 0.1) is 6.04 Å². The predicted octanol–water partition coefficient (Wildman–Crippen LogP) is 1.33. The Labute approximate surface area is 172 Å². The molecule has 1 atom stereocenters.